The number of ether oxygens (including phenoxy) is 2. The van der Waals surface area contributed by atoms with Crippen LogP contribution in [0.15, 0.2) is 12.1 Å². The average molecular weight is 357 g/mol. The fraction of sp³-hybridized carbons (Fsp3) is 0.333. The van der Waals surface area contributed by atoms with Crippen LogP contribution in [0.2, 0.25) is 0 Å². The Morgan fingerprint density at radius 2 is 2.00 bits per heavy atom. The highest BCUT2D eigenvalue weighted by molar-refractivity contribution is 14.1. The smallest absolute Gasteiger partial charge is 0.174 e. The van der Waals surface area contributed by atoms with E-state index in [1.165, 1.54) is 5.56 Å². The minimum atomic E-state index is 0.781. The Bertz CT molecular complexity index is 302. The van der Waals surface area contributed by atoms with E-state index in [-0.39, 0.29) is 0 Å². The van der Waals surface area contributed by atoms with E-state index in [1.807, 2.05) is 6.07 Å². The molecule has 72 valence electrons. The van der Waals surface area contributed by atoms with E-state index in [2.05, 4.69) is 44.6 Å². The van der Waals surface area contributed by atoms with Crippen molar-refractivity contribution in [2.45, 2.75) is 5.33 Å². The molecule has 1 aromatic carbocycles. The molecular formula is C9H10BrIO2. The highest BCUT2D eigenvalue weighted by Gasteiger charge is 2.09. The number of hydrogen-bond donors (Lipinski definition) is 0. The van der Waals surface area contributed by atoms with E-state index in [1.54, 1.807) is 14.2 Å². The Kier molecular flexibility index (Phi) is 4.31. The van der Waals surface area contributed by atoms with Gasteiger partial charge in [-0.25, -0.2) is 0 Å². The zero-order chi connectivity index (χ0) is 9.84. The van der Waals surface area contributed by atoms with Crippen molar-refractivity contribution in [2.24, 2.45) is 0 Å². The van der Waals surface area contributed by atoms with Crippen molar-refractivity contribution >= 4 is 38.5 Å². The van der Waals surface area contributed by atoms with Gasteiger partial charge in [0.15, 0.2) is 11.5 Å². The van der Waals surface area contributed by atoms with Crippen LogP contribution in [0.5, 0.6) is 11.5 Å². The van der Waals surface area contributed by atoms with Gasteiger partial charge in [0.1, 0.15) is 0 Å². The van der Waals surface area contributed by atoms with Crippen LogP contribution in [-0.4, -0.2) is 14.2 Å². The number of halogens is 2. The SMILES string of the molecule is COc1cc(CBr)cc(I)c1OC. The predicted molar refractivity (Wildman–Crippen MR) is 64.9 cm³/mol. The van der Waals surface area contributed by atoms with Crippen LogP contribution < -0.4 is 9.47 Å². The molecule has 0 saturated carbocycles. The standard InChI is InChI=1S/C9H10BrIO2/c1-12-8-4-6(5-10)3-7(11)9(8)13-2/h3-4H,5H2,1-2H3. The molecule has 13 heavy (non-hydrogen) atoms. The molecule has 0 radical (unpaired) electrons. The van der Waals surface area contributed by atoms with Gasteiger partial charge in [-0.3, -0.25) is 0 Å². The predicted octanol–water partition coefficient (Wildman–Crippen LogP) is 3.20. The van der Waals surface area contributed by atoms with Gasteiger partial charge in [0.05, 0.1) is 17.8 Å². The Balaban J connectivity index is 3.20. The molecule has 0 aromatic heterocycles. The molecule has 0 N–H and O–H groups in total. The Hall–Kier alpha value is 0.0300. The van der Waals surface area contributed by atoms with Crippen molar-refractivity contribution in [1.82, 2.24) is 0 Å². The number of alkyl halides is 1. The maximum Gasteiger partial charge on any atom is 0.174 e. The topological polar surface area (TPSA) is 18.5 Å². The van der Waals surface area contributed by atoms with Gasteiger partial charge >= 0.3 is 0 Å². The van der Waals surface area contributed by atoms with E-state index in [0.29, 0.717) is 0 Å². The second-order valence-electron chi connectivity index (χ2n) is 2.45. The van der Waals surface area contributed by atoms with Gasteiger partial charge in [-0.1, -0.05) is 15.9 Å². The highest BCUT2D eigenvalue weighted by atomic mass is 127. The molecule has 0 atom stereocenters. The Morgan fingerprint density at radius 3 is 2.46 bits per heavy atom. The minimum absolute atomic E-state index is 0.781. The van der Waals surface area contributed by atoms with Crippen LogP contribution in [0.3, 0.4) is 0 Å². The molecule has 2 nitrogen and oxygen atoms in total. The fourth-order valence-electron chi connectivity index (χ4n) is 1.05. The van der Waals surface area contributed by atoms with E-state index >= 15 is 0 Å². The summed E-state index contributed by atoms with van der Waals surface area (Å²) in [5, 5.41) is 0.823. The third kappa shape index (κ3) is 2.49. The van der Waals surface area contributed by atoms with Gasteiger partial charge in [0.25, 0.3) is 0 Å². The molecule has 0 amide bonds. The molecule has 0 saturated heterocycles. The molecule has 0 heterocycles. The van der Waals surface area contributed by atoms with Crippen LogP contribution in [0, 0.1) is 3.57 Å². The maximum absolute atomic E-state index is 5.22. The van der Waals surface area contributed by atoms with E-state index < -0.39 is 0 Å². The van der Waals surface area contributed by atoms with Crippen LogP contribution in [-0.2, 0) is 5.33 Å². The zero-order valence-corrected chi connectivity index (χ0v) is 11.2. The monoisotopic (exact) mass is 356 g/mol. The summed E-state index contributed by atoms with van der Waals surface area (Å²) < 4.78 is 11.5. The third-order valence-corrected chi connectivity index (χ3v) is 3.10. The van der Waals surface area contributed by atoms with E-state index in [0.717, 1.165) is 20.4 Å². The zero-order valence-electron chi connectivity index (χ0n) is 7.43. The molecule has 0 unspecified atom stereocenters. The maximum atomic E-state index is 5.22. The summed E-state index contributed by atoms with van der Waals surface area (Å²) >= 11 is 5.63. The molecule has 0 spiro atoms. The summed E-state index contributed by atoms with van der Waals surface area (Å²) in [5.41, 5.74) is 1.18. The van der Waals surface area contributed by atoms with Gasteiger partial charge in [-0.15, -0.1) is 0 Å². The van der Waals surface area contributed by atoms with Crippen molar-refractivity contribution in [2.75, 3.05) is 14.2 Å². The lowest BCUT2D eigenvalue weighted by molar-refractivity contribution is 0.352. The van der Waals surface area contributed by atoms with Crippen LogP contribution in [0.25, 0.3) is 0 Å². The second kappa shape index (κ2) is 5.05. The number of benzene rings is 1. The van der Waals surface area contributed by atoms with Crippen molar-refractivity contribution < 1.29 is 9.47 Å². The molecule has 0 aliphatic rings. The van der Waals surface area contributed by atoms with E-state index in [4.69, 9.17) is 9.47 Å². The van der Waals surface area contributed by atoms with Crippen LogP contribution >= 0.6 is 38.5 Å². The molecule has 1 rings (SSSR count). The lowest BCUT2D eigenvalue weighted by atomic mass is 10.2. The van der Waals surface area contributed by atoms with Gasteiger partial charge in [-0.05, 0) is 40.3 Å². The number of hydrogen-bond acceptors (Lipinski definition) is 2. The Morgan fingerprint density at radius 1 is 1.31 bits per heavy atom. The van der Waals surface area contributed by atoms with Crippen molar-refractivity contribution in [3.8, 4) is 11.5 Å². The normalized spacial score (nSPS) is 9.85. The second-order valence-corrected chi connectivity index (χ2v) is 4.17. The molecule has 0 bridgehead atoms. The van der Waals surface area contributed by atoms with Gasteiger partial charge in [0, 0.05) is 5.33 Å². The molecule has 0 aliphatic heterocycles. The summed E-state index contributed by atoms with van der Waals surface area (Å²) in [4.78, 5) is 0. The highest BCUT2D eigenvalue weighted by Crippen LogP contribution is 2.33. The number of methoxy groups -OCH3 is 2. The molecule has 1 aromatic rings. The van der Waals surface area contributed by atoms with Crippen molar-refractivity contribution in [1.29, 1.82) is 0 Å². The van der Waals surface area contributed by atoms with Gasteiger partial charge < -0.3 is 9.47 Å². The van der Waals surface area contributed by atoms with Gasteiger partial charge in [0.2, 0.25) is 0 Å². The number of rotatable bonds is 3. The van der Waals surface area contributed by atoms with Crippen molar-refractivity contribution in [3.05, 3.63) is 21.3 Å². The van der Waals surface area contributed by atoms with Crippen LogP contribution in [0.1, 0.15) is 5.56 Å². The fourth-order valence-corrected chi connectivity index (χ4v) is 2.26. The summed E-state index contributed by atoms with van der Waals surface area (Å²) in [6.07, 6.45) is 0. The molecule has 4 heteroatoms. The summed E-state index contributed by atoms with van der Waals surface area (Å²) in [6, 6.07) is 4.03. The first-order valence-electron chi connectivity index (χ1n) is 3.69. The largest absolute Gasteiger partial charge is 0.493 e. The summed E-state index contributed by atoms with van der Waals surface area (Å²) in [7, 11) is 3.29. The van der Waals surface area contributed by atoms with Crippen LogP contribution in [0.4, 0.5) is 0 Å². The molecular weight excluding hydrogens is 347 g/mol. The van der Waals surface area contributed by atoms with Gasteiger partial charge in [-0.2, -0.15) is 0 Å². The quantitative estimate of drug-likeness (QED) is 0.611. The summed E-state index contributed by atoms with van der Waals surface area (Å²) in [5.74, 6) is 1.58. The lowest BCUT2D eigenvalue weighted by Crippen LogP contribution is -1.94. The first-order chi connectivity index (χ1) is 6.22. The first kappa shape index (κ1) is 11.1. The lowest BCUT2D eigenvalue weighted by Gasteiger charge is -2.10. The summed E-state index contributed by atoms with van der Waals surface area (Å²) in [6.45, 7) is 0. The molecule has 0 fully saturated rings. The van der Waals surface area contributed by atoms with E-state index in [9.17, 15) is 0 Å². The van der Waals surface area contributed by atoms with Crippen molar-refractivity contribution in [3.63, 3.8) is 0 Å². The average Bonchev–Trinajstić information content (AvgIpc) is 2.16. The Labute approximate surface area is 99.9 Å². The minimum Gasteiger partial charge on any atom is -0.493 e. The third-order valence-electron chi connectivity index (χ3n) is 1.65. The first-order valence-corrected chi connectivity index (χ1v) is 5.89. The molecule has 0 aliphatic carbocycles.